The van der Waals surface area contributed by atoms with E-state index >= 15 is 0 Å². The molecule has 1 aromatic heterocycles. The van der Waals surface area contributed by atoms with Crippen LogP contribution in [0.3, 0.4) is 0 Å². The molecule has 2 heterocycles. The Morgan fingerprint density at radius 3 is 2.61 bits per heavy atom. The number of aromatic nitrogens is 2. The average molecular weight is 250 g/mol. The Labute approximate surface area is 110 Å². The highest BCUT2D eigenvalue weighted by Gasteiger charge is 2.11. The molecule has 4 heteroatoms. The van der Waals surface area contributed by atoms with Gasteiger partial charge in [-0.3, -0.25) is 4.68 Å². The van der Waals surface area contributed by atoms with Gasteiger partial charge in [0, 0.05) is 19.3 Å². The van der Waals surface area contributed by atoms with E-state index in [2.05, 4.69) is 46.3 Å². The molecule has 0 aliphatic carbocycles. The Balaban J connectivity index is 1.82. The zero-order valence-corrected chi connectivity index (χ0v) is 11.7. The molecule has 0 atom stereocenters. The molecule has 0 bridgehead atoms. The van der Waals surface area contributed by atoms with Gasteiger partial charge in [0.2, 0.25) is 0 Å². The number of nitrogens with zero attached hydrogens (tertiary/aromatic N) is 3. The van der Waals surface area contributed by atoms with Crippen LogP contribution in [0.1, 0.15) is 57.7 Å². The Morgan fingerprint density at radius 1 is 1.22 bits per heavy atom. The maximum Gasteiger partial charge on any atom is 0.0776 e. The number of nitrogens with one attached hydrogen (secondary N) is 1. The normalized spacial score (nSPS) is 17.5. The van der Waals surface area contributed by atoms with Gasteiger partial charge in [-0.25, -0.2) is 10.4 Å². The molecule has 1 saturated heterocycles. The van der Waals surface area contributed by atoms with E-state index in [1.807, 2.05) is 0 Å². The first-order valence-corrected chi connectivity index (χ1v) is 7.36. The zero-order valence-electron chi connectivity index (χ0n) is 11.7. The van der Waals surface area contributed by atoms with Crippen molar-refractivity contribution >= 4 is 0 Å². The fraction of sp³-hybridized carbons (Fsp3) is 0.786. The summed E-state index contributed by atoms with van der Waals surface area (Å²) in [6.45, 7) is 7.65. The molecular weight excluding hydrogens is 224 g/mol. The molecule has 0 spiro atoms. The Kier molecular flexibility index (Phi) is 5.20. The minimum atomic E-state index is 0.550. The van der Waals surface area contributed by atoms with Gasteiger partial charge in [-0.15, -0.1) is 0 Å². The van der Waals surface area contributed by atoms with Gasteiger partial charge in [0.25, 0.3) is 0 Å². The maximum absolute atomic E-state index is 4.66. The average Bonchev–Trinajstić information content (AvgIpc) is 2.88. The van der Waals surface area contributed by atoms with Crippen LogP contribution in [0, 0.1) is 0 Å². The summed E-state index contributed by atoms with van der Waals surface area (Å²) in [4.78, 5) is 0. The quantitative estimate of drug-likeness (QED) is 0.842. The van der Waals surface area contributed by atoms with E-state index in [0.717, 1.165) is 25.1 Å². The summed E-state index contributed by atoms with van der Waals surface area (Å²) in [6.07, 6.45) is 8.42. The summed E-state index contributed by atoms with van der Waals surface area (Å²) in [5, 5.41) is 7.00. The van der Waals surface area contributed by atoms with E-state index in [4.69, 9.17) is 0 Å². The van der Waals surface area contributed by atoms with Crippen LogP contribution < -0.4 is 5.43 Å². The second kappa shape index (κ2) is 6.90. The van der Waals surface area contributed by atoms with Crippen molar-refractivity contribution < 1.29 is 0 Å². The zero-order chi connectivity index (χ0) is 12.8. The van der Waals surface area contributed by atoms with Crippen LogP contribution in [0.25, 0.3) is 0 Å². The molecule has 1 aliphatic heterocycles. The first-order valence-electron chi connectivity index (χ1n) is 7.36. The summed E-state index contributed by atoms with van der Waals surface area (Å²) >= 11 is 0. The van der Waals surface area contributed by atoms with Crippen molar-refractivity contribution in [2.75, 3.05) is 13.1 Å². The van der Waals surface area contributed by atoms with Crippen molar-refractivity contribution in [2.45, 2.75) is 58.5 Å². The third-order valence-corrected chi connectivity index (χ3v) is 3.82. The number of rotatable bonds is 6. The van der Waals surface area contributed by atoms with E-state index in [0.29, 0.717) is 6.04 Å². The smallest absolute Gasteiger partial charge is 0.0776 e. The molecule has 0 saturated carbocycles. The van der Waals surface area contributed by atoms with Crippen molar-refractivity contribution in [1.82, 2.24) is 20.2 Å². The molecular formula is C14H26N4. The maximum atomic E-state index is 4.66. The highest BCUT2D eigenvalue weighted by molar-refractivity contribution is 4.99. The molecule has 0 amide bonds. The summed E-state index contributed by atoms with van der Waals surface area (Å²) in [7, 11) is 0. The second-order valence-electron chi connectivity index (χ2n) is 5.14. The van der Waals surface area contributed by atoms with Gasteiger partial charge in [0.1, 0.15) is 0 Å². The Hall–Kier alpha value is -0.870. The van der Waals surface area contributed by atoms with E-state index in [1.54, 1.807) is 0 Å². The van der Waals surface area contributed by atoms with Gasteiger partial charge in [-0.05, 0) is 31.7 Å². The molecule has 1 fully saturated rings. The van der Waals surface area contributed by atoms with E-state index in [-0.39, 0.29) is 0 Å². The van der Waals surface area contributed by atoms with Crippen molar-refractivity contribution in [3.63, 3.8) is 0 Å². The van der Waals surface area contributed by atoms with Gasteiger partial charge in [-0.1, -0.05) is 20.3 Å². The third kappa shape index (κ3) is 3.56. The molecule has 4 nitrogen and oxygen atoms in total. The van der Waals surface area contributed by atoms with Crippen LogP contribution in [-0.4, -0.2) is 27.9 Å². The number of hydrazine groups is 1. The second-order valence-corrected chi connectivity index (χ2v) is 5.14. The molecule has 1 N–H and O–H groups in total. The minimum absolute atomic E-state index is 0.550. The monoisotopic (exact) mass is 250 g/mol. The predicted molar refractivity (Wildman–Crippen MR) is 74.1 cm³/mol. The predicted octanol–water partition coefficient (Wildman–Crippen LogP) is 2.73. The Bertz CT molecular complexity index is 337. The summed E-state index contributed by atoms with van der Waals surface area (Å²) < 4.78 is 2.12. The lowest BCUT2D eigenvalue weighted by Gasteiger charge is -2.26. The van der Waals surface area contributed by atoms with E-state index in [9.17, 15) is 0 Å². The lowest BCUT2D eigenvalue weighted by Crippen LogP contribution is -2.41. The van der Waals surface area contributed by atoms with Crippen LogP contribution in [0.15, 0.2) is 12.3 Å². The number of hydrogen-bond acceptors (Lipinski definition) is 3. The molecule has 102 valence electrons. The molecule has 0 radical (unpaired) electrons. The highest BCUT2D eigenvalue weighted by atomic mass is 15.5. The van der Waals surface area contributed by atoms with Crippen molar-refractivity contribution in [3.8, 4) is 0 Å². The summed E-state index contributed by atoms with van der Waals surface area (Å²) in [5.74, 6) is 0. The van der Waals surface area contributed by atoms with Crippen LogP contribution in [0.2, 0.25) is 0 Å². The molecule has 0 unspecified atom stereocenters. The highest BCUT2D eigenvalue weighted by Crippen LogP contribution is 2.14. The standard InChI is InChI=1S/C14H26N4/c1-3-14(4-2)18-11-8-13(16-18)12-15-17-9-6-5-7-10-17/h8,11,14-15H,3-7,9-10,12H2,1-2H3. The van der Waals surface area contributed by atoms with Gasteiger partial charge in [0.05, 0.1) is 18.3 Å². The van der Waals surface area contributed by atoms with Gasteiger partial charge < -0.3 is 0 Å². The Morgan fingerprint density at radius 2 is 1.94 bits per heavy atom. The largest absolute Gasteiger partial charge is 0.269 e. The van der Waals surface area contributed by atoms with Crippen LogP contribution in [0.4, 0.5) is 0 Å². The van der Waals surface area contributed by atoms with Crippen molar-refractivity contribution in [1.29, 1.82) is 0 Å². The summed E-state index contributed by atoms with van der Waals surface area (Å²) in [6, 6.07) is 2.68. The van der Waals surface area contributed by atoms with E-state index in [1.165, 1.54) is 32.4 Å². The van der Waals surface area contributed by atoms with Crippen molar-refractivity contribution in [2.24, 2.45) is 0 Å². The van der Waals surface area contributed by atoms with Crippen molar-refractivity contribution in [3.05, 3.63) is 18.0 Å². The van der Waals surface area contributed by atoms with Gasteiger partial charge >= 0.3 is 0 Å². The lowest BCUT2D eigenvalue weighted by molar-refractivity contribution is 0.150. The molecule has 18 heavy (non-hydrogen) atoms. The third-order valence-electron chi connectivity index (χ3n) is 3.82. The van der Waals surface area contributed by atoms with E-state index < -0.39 is 0 Å². The first-order chi connectivity index (χ1) is 8.83. The van der Waals surface area contributed by atoms with Crippen LogP contribution in [0.5, 0.6) is 0 Å². The number of hydrogen-bond donors (Lipinski definition) is 1. The minimum Gasteiger partial charge on any atom is -0.269 e. The SMILES string of the molecule is CCC(CC)n1ccc(CNN2CCCCC2)n1. The lowest BCUT2D eigenvalue weighted by atomic mass is 10.2. The fourth-order valence-corrected chi connectivity index (χ4v) is 2.58. The molecule has 1 aliphatic rings. The fourth-order valence-electron chi connectivity index (χ4n) is 2.58. The first kappa shape index (κ1) is 13.6. The van der Waals surface area contributed by atoms with Crippen LogP contribution >= 0.6 is 0 Å². The topological polar surface area (TPSA) is 33.1 Å². The molecule has 1 aromatic rings. The van der Waals surface area contributed by atoms with Gasteiger partial charge in [0.15, 0.2) is 0 Å². The number of piperidine rings is 1. The van der Waals surface area contributed by atoms with Crippen LogP contribution in [-0.2, 0) is 6.54 Å². The van der Waals surface area contributed by atoms with Gasteiger partial charge in [-0.2, -0.15) is 5.10 Å². The molecule has 2 rings (SSSR count). The molecule has 0 aromatic carbocycles. The summed E-state index contributed by atoms with van der Waals surface area (Å²) in [5.41, 5.74) is 4.63.